The number of rotatable bonds is 8. The van der Waals surface area contributed by atoms with Gasteiger partial charge in [0.2, 0.25) is 0 Å². The van der Waals surface area contributed by atoms with E-state index in [1.165, 1.54) is 0 Å². The van der Waals surface area contributed by atoms with Crippen molar-refractivity contribution in [2.24, 2.45) is 0 Å². The summed E-state index contributed by atoms with van der Waals surface area (Å²) in [5.41, 5.74) is 6.36. The van der Waals surface area contributed by atoms with E-state index >= 15 is 0 Å². The number of fused-ring (bicyclic) bond motifs is 1. The van der Waals surface area contributed by atoms with Gasteiger partial charge in [-0.1, -0.05) is 55.5 Å². The van der Waals surface area contributed by atoms with Gasteiger partial charge in [0.1, 0.15) is 18.1 Å². The third-order valence-electron chi connectivity index (χ3n) is 5.97. The van der Waals surface area contributed by atoms with E-state index in [-0.39, 0.29) is 18.4 Å². The number of hydrogen-bond donors (Lipinski definition) is 1. The van der Waals surface area contributed by atoms with E-state index in [4.69, 9.17) is 14.9 Å². The van der Waals surface area contributed by atoms with Crippen LogP contribution in [0.1, 0.15) is 55.8 Å². The van der Waals surface area contributed by atoms with Crippen molar-refractivity contribution in [3.63, 3.8) is 0 Å². The van der Waals surface area contributed by atoms with Gasteiger partial charge >= 0.3 is 5.97 Å². The largest absolute Gasteiger partial charge is 0.489 e. The van der Waals surface area contributed by atoms with Crippen molar-refractivity contribution in [3.05, 3.63) is 83.4 Å². The summed E-state index contributed by atoms with van der Waals surface area (Å²) in [4.78, 5) is 11.0. The second-order valence-corrected chi connectivity index (χ2v) is 8.91. The predicted molar refractivity (Wildman–Crippen MR) is 132 cm³/mol. The first-order valence-electron chi connectivity index (χ1n) is 11.3. The van der Waals surface area contributed by atoms with Crippen molar-refractivity contribution in [1.29, 1.82) is 0 Å². The Morgan fingerprint density at radius 2 is 1.79 bits per heavy atom. The maximum atomic E-state index is 11.0. The van der Waals surface area contributed by atoms with Crippen LogP contribution in [0.5, 0.6) is 5.75 Å². The normalized spacial score (nSPS) is 12.3. The van der Waals surface area contributed by atoms with Crippen LogP contribution in [0.2, 0.25) is 0 Å². The minimum Gasteiger partial charge on any atom is -0.489 e. The van der Waals surface area contributed by atoms with Gasteiger partial charge < -0.3 is 9.84 Å². The highest BCUT2D eigenvalue weighted by atomic mass is 16.5. The molecule has 5 heteroatoms. The number of aliphatic carboxylic acids is 1. The molecule has 3 aromatic carbocycles. The van der Waals surface area contributed by atoms with Crippen molar-refractivity contribution in [2.45, 2.75) is 52.7 Å². The average molecular weight is 443 g/mol. The molecule has 0 aliphatic rings. The number of benzene rings is 3. The van der Waals surface area contributed by atoms with Crippen molar-refractivity contribution in [2.75, 3.05) is 0 Å². The Morgan fingerprint density at radius 3 is 2.45 bits per heavy atom. The van der Waals surface area contributed by atoms with Crippen LogP contribution in [0.25, 0.3) is 22.2 Å². The summed E-state index contributed by atoms with van der Waals surface area (Å²) in [6.45, 7) is 8.66. The SMILES string of the molecule is Cc1cc(OCc2ccc3c(-c4ccccc4)nn(C(C)C)c3c2)ccc1C(C)CC(=O)O. The number of ether oxygens (including phenoxy) is 1. The second kappa shape index (κ2) is 9.49. The number of hydrogen-bond acceptors (Lipinski definition) is 3. The van der Waals surface area contributed by atoms with E-state index in [9.17, 15) is 4.79 Å². The lowest BCUT2D eigenvalue weighted by Crippen LogP contribution is -2.05. The molecule has 0 amide bonds. The number of nitrogens with zero attached hydrogens (tertiary/aromatic N) is 2. The Bertz CT molecular complexity index is 1280. The molecule has 5 nitrogen and oxygen atoms in total. The van der Waals surface area contributed by atoms with Gasteiger partial charge in [-0.3, -0.25) is 9.48 Å². The summed E-state index contributed by atoms with van der Waals surface area (Å²) in [6.07, 6.45) is 0.121. The van der Waals surface area contributed by atoms with Crippen molar-refractivity contribution in [1.82, 2.24) is 9.78 Å². The molecular formula is C28H30N2O3. The fourth-order valence-electron chi connectivity index (χ4n) is 4.30. The van der Waals surface area contributed by atoms with Gasteiger partial charge in [0.15, 0.2) is 0 Å². The molecule has 1 heterocycles. The molecule has 1 unspecified atom stereocenters. The minimum atomic E-state index is -0.784. The van der Waals surface area contributed by atoms with E-state index in [0.29, 0.717) is 6.61 Å². The maximum Gasteiger partial charge on any atom is 0.303 e. The van der Waals surface area contributed by atoms with E-state index in [2.05, 4.69) is 48.9 Å². The first-order chi connectivity index (χ1) is 15.8. The number of aryl methyl sites for hydroxylation is 1. The van der Waals surface area contributed by atoms with Crippen LogP contribution >= 0.6 is 0 Å². The van der Waals surface area contributed by atoms with E-state index in [1.807, 2.05) is 50.2 Å². The lowest BCUT2D eigenvalue weighted by Gasteiger charge is -2.15. The Hall–Kier alpha value is -3.60. The van der Waals surface area contributed by atoms with Crippen LogP contribution < -0.4 is 4.74 Å². The van der Waals surface area contributed by atoms with Gasteiger partial charge in [-0.15, -0.1) is 0 Å². The molecule has 0 bridgehead atoms. The van der Waals surface area contributed by atoms with Gasteiger partial charge in [-0.05, 0) is 61.6 Å². The van der Waals surface area contributed by atoms with Crippen LogP contribution in [0.3, 0.4) is 0 Å². The molecule has 1 aromatic heterocycles. The van der Waals surface area contributed by atoms with E-state index in [0.717, 1.165) is 44.6 Å². The van der Waals surface area contributed by atoms with E-state index < -0.39 is 5.97 Å². The summed E-state index contributed by atoms with van der Waals surface area (Å²) in [5.74, 6) is -0.0380. The summed E-state index contributed by atoms with van der Waals surface area (Å²) >= 11 is 0. The van der Waals surface area contributed by atoms with Crippen LogP contribution in [0.4, 0.5) is 0 Å². The summed E-state index contributed by atoms with van der Waals surface area (Å²) in [5, 5.41) is 15.1. The zero-order chi connectivity index (χ0) is 23.5. The third-order valence-corrected chi connectivity index (χ3v) is 5.97. The fourth-order valence-corrected chi connectivity index (χ4v) is 4.30. The van der Waals surface area contributed by atoms with Crippen LogP contribution in [0.15, 0.2) is 66.7 Å². The predicted octanol–water partition coefficient (Wildman–Crippen LogP) is 6.75. The highest BCUT2D eigenvalue weighted by Crippen LogP contribution is 2.31. The molecular weight excluding hydrogens is 412 g/mol. The molecule has 1 N–H and O–H groups in total. The molecule has 0 saturated heterocycles. The molecule has 170 valence electrons. The first-order valence-corrected chi connectivity index (χ1v) is 11.3. The Morgan fingerprint density at radius 1 is 1.03 bits per heavy atom. The van der Waals surface area contributed by atoms with Crippen molar-refractivity contribution < 1.29 is 14.6 Å². The Labute approximate surface area is 194 Å². The van der Waals surface area contributed by atoms with Gasteiger partial charge in [-0.25, -0.2) is 0 Å². The molecule has 4 aromatic rings. The van der Waals surface area contributed by atoms with Crippen molar-refractivity contribution in [3.8, 4) is 17.0 Å². The second-order valence-electron chi connectivity index (χ2n) is 8.91. The van der Waals surface area contributed by atoms with Gasteiger partial charge in [0.25, 0.3) is 0 Å². The molecule has 0 radical (unpaired) electrons. The topological polar surface area (TPSA) is 64.4 Å². The maximum absolute atomic E-state index is 11.0. The highest BCUT2D eigenvalue weighted by molar-refractivity contribution is 5.93. The Kier molecular flexibility index (Phi) is 6.50. The number of carboxylic acids is 1. The van der Waals surface area contributed by atoms with Gasteiger partial charge in [0, 0.05) is 17.0 Å². The van der Waals surface area contributed by atoms with Gasteiger partial charge in [0.05, 0.1) is 11.9 Å². The standard InChI is InChI=1S/C28H30N2O3/c1-18(2)30-26-16-21(10-12-25(26)28(29-30)22-8-6-5-7-9-22)17-33-23-11-13-24(19(3)14-23)20(4)15-27(31)32/h5-14,16,18,20H,15,17H2,1-4H3,(H,31,32). The zero-order valence-corrected chi connectivity index (χ0v) is 19.6. The Balaban J connectivity index is 1.57. The monoisotopic (exact) mass is 442 g/mol. The summed E-state index contributed by atoms with van der Waals surface area (Å²) < 4.78 is 8.16. The number of carbonyl (C=O) groups is 1. The summed E-state index contributed by atoms with van der Waals surface area (Å²) in [7, 11) is 0. The lowest BCUT2D eigenvalue weighted by atomic mass is 9.94. The molecule has 0 fully saturated rings. The highest BCUT2D eigenvalue weighted by Gasteiger charge is 2.16. The molecule has 0 aliphatic heterocycles. The van der Waals surface area contributed by atoms with Gasteiger partial charge in [-0.2, -0.15) is 5.10 Å². The molecule has 4 rings (SSSR count). The zero-order valence-electron chi connectivity index (χ0n) is 19.6. The quantitative estimate of drug-likeness (QED) is 0.328. The number of aromatic nitrogens is 2. The number of carboxylic acid groups (broad SMARTS) is 1. The third kappa shape index (κ3) is 4.92. The van der Waals surface area contributed by atoms with Crippen LogP contribution in [-0.4, -0.2) is 20.9 Å². The molecule has 0 aliphatic carbocycles. The van der Waals surface area contributed by atoms with Crippen LogP contribution in [-0.2, 0) is 11.4 Å². The molecule has 33 heavy (non-hydrogen) atoms. The molecule has 0 saturated carbocycles. The average Bonchev–Trinajstić information content (AvgIpc) is 3.17. The molecule has 1 atom stereocenters. The smallest absolute Gasteiger partial charge is 0.303 e. The minimum absolute atomic E-state index is 0.0333. The lowest BCUT2D eigenvalue weighted by molar-refractivity contribution is -0.137. The van der Waals surface area contributed by atoms with Crippen molar-refractivity contribution >= 4 is 16.9 Å². The fraction of sp³-hybridized carbons (Fsp3) is 0.286. The van der Waals surface area contributed by atoms with E-state index in [1.54, 1.807) is 0 Å². The molecule has 0 spiro atoms. The van der Waals surface area contributed by atoms with Crippen LogP contribution in [0, 0.1) is 6.92 Å². The first kappa shape index (κ1) is 22.6. The summed E-state index contributed by atoms with van der Waals surface area (Å²) in [6, 6.07) is 22.8.